The first-order valence-electron chi connectivity index (χ1n) is 9.73. The van der Waals surface area contributed by atoms with E-state index in [0.717, 1.165) is 16.8 Å². The molecule has 0 saturated heterocycles. The molecule has 0 saturated carbocycles. The summed E-state index contributed by atoms with van der Waals surface area (Å²) in [5.74, 6) is -0.400. The number of likely N-dealkylation sites (N-methyl/N-ethyl adjacent to an activating group) is 1. The summed E-state index contributed by atoms with van der Waals surface area (Å²) in [7, 11) is 1.61. The SMILES string of the molecule is CNC(=O)[C@@H](N[C@H](CCc1cnc(Cl)cn1)c1ccc(F)c(C)c1)c1ccccc1. The van der Waals surface area contributed by atoms with E-state index < -0.39 is 6.04 Å². The third-order valence-corrected chi connectivity index (χ3v) is 5.15. The van der Waals surface area contributed by atoms with Crippen molar-refractivity contribution in [1.82, 2.24) is 20.6 Å². The van der Waals surface area contributed by atoms with Gasteiger partial charge in [0, 0.05) is 13.1 Å². The molecule has 2 atom stereocenters. The summed E-state index contributed by atoms with van der Waals surface area (Å²) in [5, 5.41) is 6.52. The van der Waals surface area contributed by atoms with Crippen LogP contribution in [0.3, 0.4) is 0 Å². The lowest BCUT2D eigenvalue weighted by Crippen LogP contribution is -2.38. The molecule has 3 aromatic rings. The Balaban J connectivity index is 1.89. The summed E-state index contributed by atoms with van der Waals surface area (Å²) in [6.45, 7) is 1.73. The minimum atomic E-state index is -0.553. The van der Waals surface area contributed by atoms with Crippen LogP contribution >= 0.6 is 11.6 Å². The summed E-state index contributed by atoms with van der Waals surface area (Å²) in [6.07, 6.45) is 4.41. The Bertz CT molecular complexity index is 982. The van der Waals surface area contributed by atoms with Crippen molar-refractivity contribution in [3.8, 4) is 0 Å². The molecule has 0 spiro atoms. The van der Waals surface area contributed by atoms with Crippen LogP contribution in [0.25, 0.3) is 0 Å². The highest BCUT2D eigenvalue weighted by Gasteiger charge is 2.24. The second-order valence-corrected chi connectivity index (χ2v) is 7.44. The molecule has 30 heavy (non-hydrogen) atoms. The van der Waals surface area contributed by atoms with Crippen LogP contribution in [-0.2, 0) is 11.2 Å². The van der Waals surface area contributed by atoms with Gasteiger partial charge < -0.3 is 5.32 Å². The number of nitrogens with zero attached hydrogens (tertiary/aromatic N) is 2. The highest BCUT2D eigenvalue weighted by molar-refractivity contribution is 6.29. The number of rotatable bonds is 8. The van der Waals surface area contributed by atoms with Gasteiger partial charge in [-0.15, -0.1) is 0 Å². The summed E-state index contributed by atoms with van der Waals surface area (Å²) >= 11 is 5.82. The number of hydrogen-bond acceptors (Lipinski definition) is 4. The monoisotopic (exact) mass is 426 g/mol. The van der Waals surface area contributed by atoms with Crippen LogP contribution in [0.1, 0.15) is 40.9 Å². The molecule has 0 aliphatic rings. The number of amides is 1. The number of nitrogens with one attached hydrogen (secondary N) is 2. The standard InChI is InChI=1S/C23H24ClFN4O/c1-15-12-17(8-10-19(15)25)20(11-9-18-13-28-21(24)14-27-18)29-22(23(30)26-2)16-6-4-3-5-7-16/h3-8,10,12-14,20,22,29H,9,11H2,1-2H3,(H,26,30)/t20-,22+/m1/s1. The minimum absolute atomic E-state index is 0.142. The van der Waals surface area contributed by atoms with Crippen LogP contribution in [-0.4, -0.2) is 22.9 Å². The van der Waals surface area contributed by atoms with Gasteiger partial charge >= 0.3 is 0 Å². The molecule has 7 heteroatoms. The smallest absolute Gasteiger partial charge is 0.241 e. The predicted octanol–water partition coefficient (Wildman–Crippen LogP) is 4.33. The maximum absolute atomic E-state index is 13.8. The summed E-state index contributed by atoms with van der Waals surface area (Å²) in [5.41, 5.74) is 3.11. The number of aryl methyl sites for hydroxylation is 2. The average molecular weight is 427 g/mol. The van der Waals surface area contributed by atoms with E-state index in [1.54, 1.807) is 26.2 Å². The molecule has 0 unspecified atom stereocenters. The van der Waals surface area contributed by atoms with Crippen molar-refractivity contribution in [2.24, 2.45) is 0 Å². The molecular formula is C23H24ClFN4O. The number of halogens is 2. The van der Waals surface area contributed by atoms with E-state index in [9.17, 15) is 9.18 Å². The van der Waals surface area contributed by atoms with Crippen molar-refractivity contribution in [2.45, 2.75) is 31.8 Å². The molecule has 0 radical (unpaired) electrons. The van der Waals surface area contributed by atoms with E-state index >= 15 is 0 Å². The lowest BCUT2D eigenvalue weighted by atomic mass is 9.96. The van der Waals surface area contributed by atoms with E-state index in [-0.39, 0.29) is 17.8 Å². The second-order valence-electron chi connectivity index (χ2n) is 7.05. The lowest BCUT2D eigenvalue weighted by Gasteiger charge is -2.26. The third kappa shape index (κ3) is 5.62. The fraction of sp³-hybridized carbons (Fsp3) is 0.261. The molecule has 0 bridgehead atoms. The maximum atomic E-state index is 13.8. The zero-order valence-corrected chi connectivity index (χ0v) is 17.7. The van der Waals surface area contributed by atoms with Gasteiger partial charge in [0.15, 0.2) is 0 Å². The van der Waals surface area contributed by atoms with Gasteiger partial charge in [-0.25, -0.2) is 9.37 Å². The molecule has 156 valence electrons. The fourth-order valence-corrected chi connectivity index (χ4v) is 3.40. The summed E-state index contributed by atoms with van der Waals surface area (Å²) < 4.78 is 13.8. The first-order valence-corrected chi connectivity index (χ1v) is 10.1. The largest absolute Gasteiger partial charge is 0.358 e. The number of carbonyl (C=O) groups is 1. The van der Waals surface area contributed by atoms with Gasteiger partial charge in [0.1, 0.15) is 17.0 Å². The Kier molecular flexibility index (Phi) is 7.49. The number of aromatic nitrogens is 2. The Hall–Kier alpha value is -2.83. The first-order chi connectivity index (χ1) is 14.5. The topological polar surface area (TPSA) is 66.9 Å². The number of hydrogen-bond donors (Lipinski definition) is 2. The quantitative estimate of drug-likeness (QED) is 0.562. The Morgan fingerprint density at radius 1 is 1.10 bits per heavy atom. The van der Waals surface area contributed by atoms with Gasteiger partial charge in [0.2, 0.25) is 5.91 Å². The van der Waals surface area contributed by atoms with Gasteiger partial charge in [-0.3, -0.25) is 15.1 Å². The molecule has 2 N–H and O–H groups in total. The van der Waals surface area contributed by atoms with Gasteiger partial charge in [0.05, 0.1) is 18.1 Å². The Labute approximate surface area is 180 Å². The highest BCUT2D eigenvalue weighted by Crippen LogP contribution is 2.26. The Morgan fingerprint density at radius 2 is 1.87 bits per heavy atom. The van der Waals surface area contributed by atoms with Crippen molar-refractivity contribution in [2.75, 3.05) is 7.05 Å². The zero-order chi connectivity index (χ0) is 21.5. The fourth-order valence-electron chi connectivity index (χ4n) is 3.31. The van der Waals surface area contributed by atoms with Crippen LogP contribution in [0, 0.1) is 12.7 Å². The average Bonchev–Trinajstić information content (AvgIpc) is 2.77. The first kappa shape index (κ1) is 21.9. The second kappa shape index (κ2) is 10.3. The predicted molar refractivity (Wildman–Crippen MR) is 116 cm³/mol. The molecule has 0 aliphatic carbocycles. The van der Waals surface area contributed by atoms with Crippen LogP contribution < -0.4 is 10.6 Å². The molecule has 0 fully saturated rings. The van der Waals surface area contributed by atoms with Gasteiger partial charge in [-0.05, 0) is 42.5 Å². The molecule has 5 nitrogen and oxygen atoms in total. The Morgan fingerprint density at radius 3 is 2.50 bits per heavy atom. The van der Waals surface area contributed by atoms with Crippen molar-refractivity contribution in [3.63, 3.8) is 0 Å². The molecule has 0 aliphatic heterocycles. The molecule has 1 amide bonds. The van der Waals surface area contributed by atoms with E-state index in [0.29, 0.717) is 23.6 Å². The van der Waals surface area contributed by atoms with Crippen molar-refractivity contribution >= 4 is 17.5 Å². The van der Waals surface area contributed by atoms with Gasteiger partial charge in [-0.1, -0.05) is 54.1 Å². The number of benzene rings is 2. The van der Waals surface area contributed by atoms with Crippen LogP contribution in [0.15, 0.2) is 60.9 Å². The molecule has 1 heterocycles. The normalized spacial score (nSPS) is 12.9. The van der Waals surface area contributed by atoms with Crippen molar-refractivity contribution in [3.05, 3.63) is 94.3 Å². The van der Waals surface area contributed by atoms with E-state index in [1.165, 1.54) is 12.3 Å². The van der Waals surface area contributed by atoms with E-state index in [1.807, 2.05) is 36.4 Å². The van der Waals surface area contributed by atoms with Crippen molar-refractivity contribution < 1.29 is 9.18 Å². The van der Waals surface area contributed by atoms with Gasteiger partial charge in [0.25, 0.3) is 0 Å². The van der Waals surface area contributed by atoms with Crippen LogP contribution in [0.5, 0.6) is 0 Å². The van der Waals surface area contributed by atoms with E-state index in [2.05, 4.69) is 20.6 Å². The van der Waals surface area contributed by atoms with Crippen molar-refractivity contribution in [1.29, 1.82) is 0 Å². The third-order valence-electron chi connectivity index (χ3n) is 4.96. The molecule has 3 rings (SSSR count). The van der Waals surface area contributed by atoms with Gasteiger partial charge in [-0.2, -0.15) is 0 Å². The molecule has 2 aromatic carbocycles. The zero-order valence-electron chi connectivity index (χ0n) is 16.9. The molecular weight excluding hydrogens is 403 g/mol. The maximum Gasteiger partial charge on any atom is 0.241 e. The minimum Gasteiger partial charge on any atom is -0.358 e. The van der Waals surface area contributed by atoms with Crippen LogP contribution in [0.4, 0.5) is 4.39 Å². The lowest BCUT2D eigenvalue weighted by molar-refractivity contribution is -0.123. The highest BCUT2D eigenvalue weighted by atomic mass is 35.5. The summed E-state index contributed by atoms with van der Waals surface area (Å²) in [6, 6.07) is 13.8. The molecule has 1 aromatic heterocycles. The van der Waals surface area contributed by atoms with Crippen LogP contribution in [0.2, 0.25) is 5.15 Å². The summed E-state index contributed by atoms with van der Waals surface area (Å²) in [4.78, 5) is 21.0. The van der Waals surface area contributed by atoms with E-state index in [4.69, 9.17) is 11.6 Å². The number of carbonyl (C=O) groups excluding carboxylic acids is 1.